The molecule has 7 nitrogen and oxygen atoms in total. The maximum absolute atomic E-state index is 13.3. The summed E-state index contributed by atoms with van der Waals surface area (Å²) in [5.41, 5.74) is 10.9. The van der Waals surface area contributed by atoms with Crippen LogP contribution in [0.5, 0.6) is 0 Å². The van der Waals surface area contributed by atoms with Crippen LogP contribution < -0.4 is 15.5 Å². The molecule has 0 saturated carbocycles. The van der Waals surface area contributed by atoms with Crippen LogP contribution in [0.2, 0.25) is 5.02 Å². The molecule has 2 aliphatic rings. The van der Waals surface area contributed by atoms with E-state index in [4.69, 9.17) is 17.3 Å². The molecule has 0 spiro atoms. The lowest BCUT2D eigenvalue weighted by molar-refractivity contribution is 0.0737. The third-order valence-corrected chi connectivity index (χ3v) is 7.37. The van der Waals surface area contributed by atoms with Gasteiger partial charge in [-0.2, -0.15) is 0 Å². The molecule has 35 heavy (non-hydrogen) atoms. The summed E-state index contributed by atoms with van der Waals surface area (Å²) in [6.07, 6.45) is 2.09. The number of hydrogen-bond donors (Lipinski definition) is 1. The van der Waals surface area contributed by atoms with E-state index in [1.807, 2.05) is 52.9 Å². The number of carbonyl (C=O) groups is 1. The molecule has 2 aliphatic heterocycles. The number of hydrogen-bond acceptors (Lipinski definition) is 5. The van der Waals surface area contributed by atoms with Gasteiger partial charge >= 0.3 is 0 Å². The Bertz CT molecular complexity index is 1180. The summed E-state index contributed by atoms with van der Waals surface area (Å²) in [6, 6.07) is 18.0. The summed E-state index contributed by atoms with van der Waals surface area (Å²) in [7, 11) is 1.97. The van der Waals surface area contributed by atoms with Crippen LogP contribution in [0, 0.1) is 0 Å². The average Bonchev–Trinajstić information content (AvgIpc) is 3.24. The molecule has 1 aromatic heterocycles. The summed E-state index contributed by atoms with van der Waals surface area (Å²) in [5, 5.41) is 0.806. The van der Waals surface area contributed by atoms with Crippen molar-refractivity contribution in [3.63, 3.8) is 0 Å². The van der Waals surface area contributed by atoms with E-state index in [2.05, 4.69) is 39.1 Å². The first-order valence-electron chi connectivity index (χ1n) is 12.2. The number of aromatic nitrogens is 1. The first kappa shape index (κ1) is 23.6. The number of benzene rings is 2. The van der Waals surface area contributed by atoms with E-state index < -0.39 is 0 Å². The molecule has 5 rings (SSSR count). The SMILES string of the molecule is Cn1cc(CN2CCN(c3ccccc3Cl)CC2)cc1C(=O)N1CCN(c2cccc(N)c2)CC1. The first-order valence-corrected chi connectivity index (χ1v) is 12.6. The van der Waals surface area contributed by atoms with Crippen LogP contribution in [0.4, 0.5) is 17.1 Å². The van der Waals surface area contributed by atoms with E-state index in [9.17, 15) is 4.79 Å². The lowest BCUT2D eigenvalue weighted by Crippen LogP contribution is -2.49. The number of amides is 1. The van der Waals surface area contributed by atoms with Crippen molar-refractivity contribution in [2.75, 3.05) is 67.9 Å². The molecule has 0 radical (unpaired) electrons. The van der Waals surface area contributed by atoms with Gasteiger partial charge in [0.1, 0.15) is 5.69 Å². The number of anilines is 3. The number of nitrogens with two attached hydrogens (primary N) is 1. The van der Waals surface area contributed by atoms with E-state index in [1.54, 1.807) is 0 Å². The minimum absolute atomic E-state index is 0.106. The van der Waals surface area contributed by atoms with Gasteiger partial charge < -0.3 is 25.0 Å². The molecule has 3 aromatic rings. The first-order chi connectivity index (χ1) is 17.0. The topological polar surface area (TPSA) is 61.0 Å². The van der Waals surface area contributed by atoms with Gasteiger partial charge in [-0.3, -0.25) is 9.69 Å². The van der Waals surface area contributed by atoms with Gasteiger partial charge in [0.2, 0.25) is 0 Å². The van der Waals surface area contributed by atoms with Gasteiger partial charge in [-0.15, -0.1) is 0 Å². The summed E-state index contributed by atoms with van der Waals surface area (Å²) in [6.45, 7) is 7.70. The van der Waals surface area contributed by atoms with Crippen LogP contribution >= 0.6 is 11.6 Å². The third-order valence-electron chi connectivity index (χ3n) is 7.05. The van der Waals surface area contributed by atoms with Gasteiger partial charge in [0, 0.05) is 83.5 Å². The minimum Gasteiger partial charge on any atom is -0.399 e. The number of halogens is 1. The van der Waals surface area contributed by atoms with Gasteiger partial charge in [0.25, 0.3) is 5.91 Å². The Hall–Kier alpha value is -3.16. The molecule has 0 aliphatic carbocycles. The second kappa shape index (κ2) is 10.2. The van der Waals surface area contributed by atoms with Gasteiger partial charge in [-0.25, -0.2) is 0 Å². The van der Waals surface area contributed by atoms with Crippen molar-refractivity contribution in [3.05, 3.63) is 77.1 Å². The van der Waals surface area contributed by atoms with E-state index >= 15 is 0 Å². The van der Waals surface area contributed by atoms with Crippen molar-refractivity contribution < 1.29 is 4.79 Å². The Balaban J connectivity index is 1.16. The van der Waals surface area contributed by atoms with Gasteiger partial charge in [-0.1, -0.05) is 29.8 Å². The molecule has 2 saturated heterocycles. The molecule has 2 N–H and O–H groups in total. The molecule has 0 atom stereocenters. The number of para-hydroxylation sites is 1. The normalized spacial score (nSPS) is 17.1. The van der Waals surface area contributed by atoms with Crippen LogP contribution in [-0.4, -0.2) is 72.6 Å². The van der Waals surface area contributed by atoms with Crippen molar-refractivity contribution in [2.45, 2.75) is 6.54 Å². The summed E-state index contributed by atoms with van der Waals surface area (Å²) < 4.78 is 1.97. The van der Waals surface area contributed by atoms with Crippen LogP contribution in [0.3, 0.4) is 0 Å². The van der Waals surface area contributed by atoms with Crippen LogP contribution in [0.25, 0.3) is 0 Å². The zero-order valence-electron chi connectivity index (χ0n) is 20.2. The second-order valence-corrected chi connectivity index (χ2v) is 9.84. The third kappa shape index (κ3) is 5.26. The Kier molecular flexibility index (Phi) is 6.88. The molecule has 1 amide bonds. The number of nitrogen functional groups attached to an aromatic ring is 1. The highest BCUT2D eigenvalue weighted by molar-refractivity contribution is 6.33. The van der Waals surface area contributed by atoms with Crippen molar-refractivity contribution in [1.82, 2.24) is 14.4 Å². The Labute approximate surface area is 212 Å². The molecule has 8 heteroatoms. The average molecular weight is 493 g/mol. The lowest BCUT2D eigenvalue weighted by atomic mass is 10.2. The fourth-order valence-corrected chi connectivity index (χ4v) is 5.35. The lowest BCUT2D eigenvalue weighted by Gasteiger charge is -2.36. The van der Waals surface area contributed by atoms with Gasteiger partial charge in [0.15, 0.2) is 0 Å². The smallest absolute Gasteiger partial charge is 0.270 e. The fourth-order valence-electron chi connectivity index (χ4n) is 5.10. The maximum atomic E-state index is 13.3. The molecule has 184 valence electrons. The van der Waals surface area contributed by atoms with Crippen LogP contribution in [-0.2, 0) is 13.6 Å². The number of aryl methyl sites for hydroxylation is 1. The van der Waals surface area contributed by atoms with E-state index in [0.717, 1.165) is 73.6 Å². The monoisotopic (exact) mass is 492 g/mol. The quantitative estimate of drug-likeness (QED) is 0.552. The van der Waals surface area contributed by atoms with Gasteiger partial charge in [-0.05, 0) is 42.0 Å². The number of carbonyl (C=O) groups excluding carboxylic acids is 1. The molecule has 3 heterocycles. The highest BCUT2D eigenvalue weighted by Crippen LogP contribution is 2.26. The van der Waals surface area contributed by atoms with Crippen molar-refractivity contribution >= 4 is 34.6 Å². The minimum atomic E-state index is 0.106. The van der Waals surface area contributed by atoms with Crippen molar-refractivity contribution in [2.24, 2.45) is 7.05 Å². The number of rotatable bonds is 5. The fraction of sp³-hybridized carbons (Fsp3) is 0.370. The van der Waals surface area contributed by atoms with Crippen LogP contribution in [0.1, 0.15) is 16.1 Å². The molecule has 0 unspecified atom stereocenters. The standard InChI is InChI=1S/C27H33ClN6O/c1-30-19-21(20-31-9-11-33(12-10-31)25-8-3-2-7-24(25)28)17-26(30)27(35)34-15-13-32(14-16-34)23-6-4-5-22(29)18-23/h2-8,17-19H,9-16,20,29H2,1H3. The van der Waals surface area contributed by atoms with E-state index in [0.29, 0.717) is 13.1 Å². The van der Waals surface area contributed by atoms with E-state index in [-0.39, 0.29) is 5.91 Å². The summed E-state index contributed by atoms with van der Waals surface area (Å²) >= 11 is 6.38. The predicted octanol–water partition coefficient (Wildman–Crippen LogP) is 3.55. The molecule has 2 aromatic carbocycles. The number of nitrogens with zero attached hydrogens (tertiary/aromatic N) is 5. The second-order valence-electron chi connectivity index (χ2n) is 9.43. The Morgan fingerprint density at radius 3 is 2.31 bits per heavy atom. The van der Waals surface area contributed by atoms with Crippen molar-refractivity contribution in [1.29, 1.82) is 0 Å². The zero-order valence-corrected chi connectivity index (χ0v) is 21.0. The zero-order chi connectivity index (χ0) is 24.4. The van der Waals surface area contributed by atoms with E-state index in [1.165, 1.54) is 5.56 Å². The number of piperazine rings is 2. The Morgan fingerprint density at radius 1 is 0.886 bits per heavy atom. The Morgan fingerprint density at radius 2 is 1.60 bits per heavy atom. The maximum Gasteiger partial charge on any atom is 0.270 e. The summed E-state index contributed by atoms with van der Waals surface area (Å²) in [4.78, 5) is 22.3. The molecule has 2 fully saturated rings. The summed E-state index contributed by atoms with van der Waals surface area (Å²) in [5.74, 6) is 0.106. The molecule has 0 bridgehead atoms. The molecular weight excluding hydrogens is 460 g/mol. The largest absolute Gasteiger partial charge is 0.399 e. The van der Waals surface area contributed by atoms with Gasteiger partial charge in [0.05, 0.1) is 10.7 Å². The van der Waals surface area contributed by atoms with Crippen LogP contribution in [0.15, 0.2) is 60.8 Å². The van der Waals surface area contributed by atoms with Crippen molar-refractivity contribution in [3.8, 4) is 0 Å². The predicted molar refractivity (Wildman–Crippen MR) is 143 cm³/mol. The highest BCUT2D eigenvalue weighted by Gasteiger charge is 2.25. The molecular formula is C27H33ClN6O. The highest BCUT2D eigenvalue weighted by atomic mass is 35.5.